The maximum absolute atomic E-state index is 5.36. The predicted molar refractivity (Wildman–Crippen MR) is 58.3 cm³/mol. The zero-order chi connectivity index (χ0) is 9.68. The van der Waals surface area contributed by atoms with Gasteiger partial charge in [0.25, 0.3) is 0 Å². The lowest BCUT2D eigenvalue weighted by Crippen LogP contribution is -2.54. The van der Waals surface area contributed by atoms with Gasteiger partial charge in [-0.25, -0.2) is 0 Å². The molecule has 0 spiro atoms. The first-order chi connectivity index (χ1) is 6.29. The van der Waals surface area contributed by atoms with E-state index in [1.54, 1.807) is 0 Å². The predicted octanol–water partition coefficient (Wildman–Crippen LogP) is 0.511. The molecule has 0 aromatic carbocycles. The van der Waals surface area contributed by atoms with Crippen molar-refractivity contribution in [1.29, 1.82) is 0 Å². The first-order valence-corrected chi connectivity index (χ1v) is 7.54. The zero-order valence-corrected chi connectivity index (χ0v) is 10.3. The van der Waals surface area contributed by atoms with Gasteiger partial charge in [-0.2, -0.15) is 0 Å². The van der Waals surface area contributed by atoms with E-state index in [4.69, 9.17) is 4.74 Å². The lowest BCUT2D eigenvalue weighted by Gasteiger charge is -2.37. The minimum absolute atomic E-state index is 0.812. The summed E-state index contributed by atoms with van der Waals surface area (Å²) < 4.78 is 10.6. The van der Waals surface area contributed by atoms with Crippen LogP contribution in [0.25, 0.3) is 0 Å². The summed E-state index contributed by atoms with van der Waals surface area (Å²) in [7, 11) is -0.812. The molecule has 0 N–H and O–H groups in total. The van der Waals surface area contributed by atoms with Crippen LogP contribution in [0.5, 0.6) is 0 Å². The molecular formula is C9H22N2OSi. The van der Waals surface area contributed by atoms with Gasteiger partial charge in [-0.1, -0.05) is 13.8 Å². The van der Waals surface area contributed by atoms with E-state index in [1.807, 2.05) is 0 Å². The highest BCUT2D eigenvalue weighted by molar-refractivity contribution is 6.51. The highest BCUT2D eigenvalue weighted by atomic mass is 28.3. The van der Waals surface area contributed by atoms with Crippen LogP contribution >= 0.6 is 0 Å². The third-order valence-corrected chi connectivity index (χ3v) is 6.28. The van der Waals surface area contributed by atoms with Crippen molar-refractivity contribution in [3.05, 3.63) is 0 Å². The van der Waals surface area contributed by atoms with Gasteiger partial charge in [0.05, 0.1) is 13.2 Å². The topological polar surface area (TPSA) is 15.7 Å². The van der Waals surface area contributed by atoms with Gasteiger partial charge in [-0.05, 0) is 19.6 Å². The van der Waals surface area contributed by atoms with E-state index in [0.717, 1.165) is 26.3 Å². The van der Waals surface area contributed by atoms with Crippen molar-refractivity contribution in [1.82, 2.24) is 9.13 Å². The van der Waals surface area contributed by atoms with Crippen LogP contribution < -0.4 is 0 Å². The number of hydrogen-bond acceptors (Lipinski definition) is 3. The molecule has 1 fully saturated rings. The van der Waals surface area contributed by atoms with Crippen molar-refractivity contribution in [3.8, 4) is 0 Å². The fraction of sp³-hybridized carbons (Fsp3) is 1.00. The average molecular weight is 202 g/mol. The molecule has 1 aliphatic rings. The summed E-state index contributed by atoms with van der Waals surface area (Å²) in [5.41, 5.74) is 0. The molecule has 78 valence electrons. The van der Waals surface area contributed by atoms with E-state index in [1.165, 1.54) is 13.1 Å². The van der Waals surface area contributed by atoms with E-state index in [-0.39, 0.29) is 0 Å². The molecule has 0 radical (unpaired) electrons. The van der Waals surface area contributed by atoms with Gasteiger partial charge < -0.3 is 13.9 Å². The summed E-state index contributed by atoms with van der Waals surface area (Å²) in [6, 6.07) is 0. The largest absolute Gasteiger partial charge is 0.379 e. The van der Waals surface area contributed by atoms with Crippen molar-refractivity contribution in [3.63, 3.8) is 0 Å². The molecule has 1 heterocycles. The van der Waals surface area contributed by atoms with Crippen molar-refractivity contribution in [2.75, 3.05) is 39.4 Å². The average Bonchev–Trinajstić information content (AvgIpc) is 2.21. The van der Waals surface area contributed by atoms with Crippen LogP contribution in [-0.2, 0) is 4.74 Å². The highest BCUT2D eigenvalue weighted by Crippen LogP contribution is 2.04. The Hall–Kier alpha value is 0.0969. The van der Waals surface area contributed by atoms with Crippen LogP contribution in [0.2, 0.25) is 6.55 Å². The van der Waals surface area contributed by atoms with E-state index >= 15 is 0 Å². The molecule has 3 nitrogen and oxygen atoms in total. The Balaban J connectivity index is 2.38. The van der Waals surface area contributed by atoms with Crippen LogP contribution in [0.15, 0.2) is 0 Å². The fourth-order valence-corrected chi connectivity index (χ4v) is 4.41. The number of morpholine rings is 1. The number of hydrogen-bond donors (Lipinski definition) is 0. The van der Waals surface area contributed by atoms with Gasteiger partial charge in [0.2, 0.25) is 0 Å². The summed E-state index contributed by atoms with van der Waals surface area (Å²) in [5, 5.41) is 0. The molecule has 1 saturated heterocycles. The smallest absolute Gasteiger partial charge is 0.186 e. The number of ether oxygens (including phenoxy) is 1. The van der Waals surface area contributed by atoms with Crippen molar-refractivity contribution >= 4 is 9.12 Å². The van der Waals surface area contributed by atoms with Crippen LogP contribution in [0.1, 0.15) is 13.8 Å². The maximum atomic E-state index is 5.36. The normalized spacial score (nSPS) is 22.2. The minimum atomic E-state index is -0.812. The van der Waals surface area contributed by atoms with Gasteiger partial charge in [0.15, 0.2) is 9.12 Å². The molecule has 0 bridgehead atoms. The Kier molecular flexibility index (Phi) is 4.94. The van der Waals surface area contributed by atoms with Gasteiger partial charge in [-0.3, -0.25) is 0 Å². The van der Waals surface area contributed by atoms with Crippen LogP contribution in [0, 0.1) is 0 Å². The molecular weight excluding hydrogens is 180 g/mol. The summed E-state index contributed by atoms with van der Waals surface area (Å²) in [6.07, 6.45) is 0. The lowest BCUT2D eigenvalue weighted by molar-refractivity contribution is 0.0672. The first-order valence-electron chi connectivity index (χ1n) is 5.35. The summed E-state index contributed by atoms with van der Waals surface area (Å²) >= 11 is 0. The first kappa shape index (κ1) is 11.2. The summed E-state index contributed by atoms with van der Waals surface area (Å²) in [4.78, 5) is 0. The Morgan fingerprint density at radius 1 is 1.23 bits per heavy atom. The molecule has 1 atom stereocenters. The molecule has 0 aliphatic carbocycles. The molecule has 1 rings (SSSR count). The Morgan fingerprint density at radius 3 is 2.23 bits per heavy atom. The molecule has 0 aromatic rings. The third kappa shape index (κ3) is 3.05. The number of rotatable bonds is 4. The quantitative estimate of drug-likeness (QED) is 0.618. The second kappa shape index (κ2) is 5.75. The van der Waals surface area contributed by atoms with E-state index in [9.17, 15) is 0 Å². The second-order valence-electron chi connectivity index (χ2n) is 3.50. The van der Waals surface area contributed by atoms with Crippen LogP contribution in [-0.4, -0.2) is 57.6 Å². The molecule has 0 saturated carbocycles. The Labute approximate surface area is 83.4 Å². The third-order valence-electron chi connectivity index (χ3n) is 2.91. The van der Waals surface area contributed by atoms with Crippen LogP contribution in [0.4, 0.5) is 0 Å². The van der Waals surface area contributed by atoms with Gasteiger partial charge in [0, 0.05) is 13.1 Å². The summed E-state index contributed by atoms with van der Waals surface area (Å²) in [5.74, 6) is 0. The SMILES string of the molecule is CCN(CC)[SiH](C)N1CCOCC1. The molecule has 0 amide bonds. The monoisotopic (exact) mass is 202 g/mol. The molecule has 1 aliphatic heterocycles. The minimum Gasteiger partial charge on any atom is -0.379 e. The van der Waals surface area contributed by atoms with E-state index in [0.29, 0.717) is 0 Å². The zero-order valence-electron chi connectivity index (χ0n) is 9.12. The second-order valence-corrected chi connectivity index (χ2v) is 6.23. The number of nitrogens with zero attached hydrogens (tertiary/aromatic N) is 2. The molecule has 4 heteroatoms. The Morgan fingerprint density at radius 2 is 1.77 bits per heavy atom. The highest BCUT2D eigenvalue weighted by Gasteiger charge is 2.22. The van der Waals surface area contributed by atoms with Gasteiger partial charge in [-0.15, -0.1) is 0 Å². The lowest BCUT2D eigenvalue weighted by atomic mass is 10.5. The standard InChI is InChI=1S/C9H22N2OSi/c1-4-10(5-2)13(3)11-6-8-12-9-7-11/h13H,4-9H2,1-3H3. The maximum Gasteiger partial charge on any atom is 0.186 e. The van der Waals surface area contributed by atoms with Crippen molar-refractivity contribution in [2.45, 2.75) is 20.4 Å². The van der Waals surface area contributed by atoms with Crippen molar-refractivity contribution in [2.24, 2.45) is 0 Å². The molecule has 0 aromatic heterocycles. The van der Waals surface area contributed by atoms with E-state index in [2.05, 4.69) is 29.5 Å². The van der Waals surface area contributed by atoms with Crippen molar-refractivity contribution < 1.29 is 4.74 Å². The molecule has 1 unspecified atom stereocenters. The van der Waals surface area contributed by atoms with E-state index < -0.39 is 9.12 Å². The van der Waals surface area contributed by atoms with Gasteiger partial charge >= 0.3 is 0 Å². The Bertz CT molecular complexity index is 136. The fourth-order valence-electron chi connectivity index (χ4n) is 1.93. The summed E-state index contributed by atoms with van der Waals surface area (Å²) in [6.45, 7) is 13.5. The van der Waals surface area contributed by atoms with Crippen LogP contribution in [0.3, 0.4) is 0 Å². The van der Waals surface area contributed by atoms with Gasteiger partial charge in [0.1, 0.15) is 0 Å². The molecule has 13 heavy (non-hydrogen) atoms.